The molecule has 0 saturated carbocycles. The smallest absolute Gasteiger partial charge is 0.223 e. The number of benzene rings is 1. The van der Waals surface area contributed by atoms with Gasteiger partial charge in [-0.3, -0.25) is 0 Å². The highest BCUT2D eigenvalue weighted by atomic mass is 79.9. The number of rotatable bonds is 5. The van der Waals surface area contributed by atoms with E-state index in [4.69, 9.17) is 16.3 Å². The van der Waals surface area contributed by atoms with Crippen molar-refractivity contribution in [2.24, 2.45) is 0 Å². The van der Waals surface area contributed by atoms with Gasteiger partial charge in [-0.1, -0.05) is 32.9 Å². The molecule has 0 fully saturated rings. The molecule has 0 aliphatic heterocycles. The molecular formula is C17H19BrClNO. The first-order valence-electron chi connectivity index (χ1n) is 6.95. The topological polar surface area (TPSA) is 22.1 Å². The molecule has 1 heterocycles. The van der Waals surface area contributed by atoms with Gasteiger partial charge in [0.2, 0.25) is 5.88 Å². The Morgan fingerprint density at radius 1 is 1.24 bits per heavy atom. The van der Waals surface area contributed by atoms with E-state index in [2.05, 4.69) is 53.8 Å². The summed E-state index contributed by atoms with van der Waals surface area (Å²) in [7, 11) is 0. The van der Waals surface area contributed by atoms with Crippen LogP contribution < -0.4 is 4.74 Å². The number of alkyl halides is 1. The van der Waals surface area contributed by atoms with Gasteiger partial charge >= 0.3 is 0 Å². The third kappa shape index (κ3) is 3.98. The average molecular weight is 369 g/mol. The van der Waals surface area contributed by atoms with Crippen LogP contribution in [0, 0.1) is 0 Å². The normalized spacial score (nSPS) is 11.5. The third-order valence-corrected chi connectivity index (χ3v) is 4.49. The SMILES string of the molecule is CCC(C)(C)c1ccc(Oc2ncc(Br)cc2CCl)cc1. The predicted molar refractivity (Wildman–Crippen MR) is 91.3 cm³/mol. The van der Waals surface area contributed by atoms with Gasteiger partial charge in [-0.25, -0.2) is 4.98 Å². The summed E-state index contributed by atoms with van der Waals surface area (Å²) in [6.07, 6.45) is 2.80. The lowest BCUT2D eigenvalue weighted by molar-refractivity contribution is 0.456. The number of halogens is 2. The number of pyridine rings is 1. The zero-order chi connectivity index (χ0) is 15.5. The highest BCUT2D eigenvalue weighted by Crippen LogP contribution is 2.30. The molecule has 2 nitrogen and oxygen atoms in total. The van der Waals surface area contributed by atoms with Gasteiger partial charge in [-0.05, 0) is 51.5 Å². The van der Waals surface area contributed by atoms with E-state index >= 15 is 0 Å². The molecule has 21 heavy (non-hydrogen) atoms. The quantitative estimate of drug-likeness (QED) is 0.598. The molecule has 0 radical (unpaired) electrons. The first kappa shape index (κ1) is 16.3. The van der Waals surface area contributed by atoms with Crippen molar-refractivity contribution >= 4 is 27.5 Å². The Bertz CT molecular complexity index is 611. The Morgan fingerprint density at radius 3 is 2.48 bits per heavy atom. The van der Waals surface area contributed by atoms with E-state index in [0.29, 0.717) is 11.8 Å². The van der Waals surface area contributed by atoms with E-state index in [1.807, 2.05) is 18.2 Å². The molecule has 2 rings (SSSR count). The molecule has 0 N–H and O–H groups in total. The molecule has 0 bridgehead atoms. The molecule has 112 valence electrons. The summed E-state index contributed by atoms with van der Waals surface area (Å²) in [6, 6.07) is 10.1. The Balaban J connectivity index is 2.21. The Labute approximate surface area is 139 Å². The molecule has 0 atom stereocenters. The van der Waals surface area contributed by atoms with Gasteiger partial charge in [-0.2, -0.15) is 0 Å². The minimum absolute atomic E-state index is 0.176. The van der Waals surface area contributed by atoms with E-state index in [1.165, 1.54) is 5.56 Å². The van der Waals surface area contributed by atoms with E-state index in [-0.39, 0.29) is 5.41 Å². The number of aromatic nitrogens is 1. The van der Waals surface area contributed by atoms with E-state index < -0.39 is 0 Å². The van der Waals surface area contributed by atoms with Crippen LogP contribution in [0.25, 0.3) is 0 Å². The zero-order valence-electron chi connectivity index (χ0n) is 12.5. The monoisotopic (exact) mass is 367 g/mol. The van der Waals surface area contributed by atoms with Crippen molar-refractivity contribution in [3.63, 3.8) is 0 Å². The highest BCUT2D eigenvalue weighted by molar-refractivity contribution is 9.10. The van der Waals surface area contributed by atoms with Crippen LogP contribution in [0.3, 0.4) is 0 Å². The first-order valence-corrected chi connectivity index (χ1v) is 8.28. The second-order valence-corrected chi connectivity index (χ2v) is 6.80. The van der Waals surface area contributed by atoms with Gasteiger partial charge in [-0.15, -0.1) is 11.6 Å². The fourth-order valence-corrected chi connectivity index (χ4v) is 2.52. The molecular weight excluding hydrogens is 350 g/mol. The maximum Gasteiger partial charge on any atom is 0.223 e. The molecule has 0 spiro atoms. The summed E-state index contributed by atoms with van der Waals surface area (Å²) < 4.78 is 6.73. The maximum absolute atomic E-state index is 5.93. The standard InChI is InChI=1S/C17H19BrClNO/c1-4-17(2,3)13-5-7-15(8-6-13)21-16-12(10-19)9-14(18)11-20-16/h5-9,11H,4,10H2,1-3H3. The van der Waals surface area contributed by atoms with Crippen molar-refractivity contribution in [2.45, 2.75) is 38.5 Å². The molecule has 0 aliphatic rings. The number of ether oxygens (including phenoxy) is 1. The van der Waals surface area contributed by atoms with Gasteiger partial charge in [0.15, 0.2) is 0 Å². The van der Waals surface area contributed by atoms with Gasteiger partial charge in [0, 0.05) is 16.2 Å². The lowest BCUT2D eigenvalue weighted by atomic mass is 9.82. The van der Waals surface area contributed by atoms with Crippen LogP contribution in [0.15, 0.2) is 41.0 Å². The zero-order valence-corrected chi connectivity index (χ0v) is 14.8. The highest BCUT2D eigenvalue weighted by Gasteiger charge is 2.17. The van der Waals surface area contributed by atoms with Gasteiger partial charge in [0.1, 0.15) is 5.75 Å². The van der Waals surface area contributed by atoms with Crippen LogP contribution in [0.1, 0.15) is 38.3 Å². The summed E-state index contributed by atoms with van der Waals surface area (Å²) in [4.78, 5) is 4.28. The average Bonchev–Trinajstić information content (AvgIpc) is 2.49. The number of hydrogen-bond donors (Lipinski definition) is 0. The molecule has 2 aromatic rings. The summed E-state index contributed by atoms with van der Waals surface area (Å²) in [5, 5.41) is 0. The van der Waals surface area contributed by atoms with Crippen molar-refractivity contribution in [1.29, 1.82) is 0 Å². The fourth-order valence-electron chi connectivity index (χ4n) is 1.95. The van der Waals surface area contributed by atoms with Crippen molar-refractivity contribution < 1.29 is 4.74 Å². The second-order valence-electron chi connectivity index (χ2n) is 5.62. The van der Waals surface area contributed by atoms with Crippen LogP contribution in [-0.2, 0) is 11.3 Å². The second kappa shape index (κ2) is 6.80. The molecule has 0 saturated heterocycles. The third-order valence-electron chi connectivity index (χ3n) is 3.77. The number of nitrogens with zero attached hydrogens (tertiary/aromatic N) is 1. The van der Waals surface area contributed by atoms with E-state index in [9.17, 15) is 0 Å². The van der Waals surface area contributed by atoms with Crippen LogP contribution in [0.4, 0.5) is 0 Å². The summed E-state index contributed by atoms with van der Waals surface area (Å²) >= 11 is 9.32. The number of hydrogen-bond acceptors (Lipinski definition) is 2. The largest absolute Gasteiger partial charge is 0.439 e. The van der Waals surface area contributed by atoms with Crippen molar-refractivity contribution in [1.82, 2.24) is 4.98 Å². The van der Waals surface area contributed by atoms with E-state index in [1.54, 1.807) is 6.20 Å². The lowest BCUT2D eigenvalue weighted by Gasteiger charge is -2.23. The van der Waals surface area contributed by atoms with Crippen molar-refractivity contribution in [2.75, 3.05) is 0 Å². The van der Waals surface area contributed by atoms with Crippen LogP contribution in [-0.4, -0.2) is 4.98 Å². The van der Waals surface area contributed by atoms with E-state index in [0.717, 1.165) is 22.2 Å². The van der Waals surface area contributed by atoms with Crippen molar-refractivity contribution in [3.8, 4) is 11.6 Å². The van der Waals surface area contributed by atoms with Crippen LogP contribution in [0.2, 0.25) is 0 Å². The molecule has 1 aromatic carbocycles. The minimum atomic E-state index is 0.176. The van der Waals surface area contributed by atoms with Crippen LogP contribution >= 0.6 is 27.5 Å². The van der Waals surface area contributed by atoms with Gasteiger partial charge in [0.05, 0.1) is 5.88 Å². The molecule has 0 amide bonds. The fraction of sp³-hybridized carbons (Fsp3) is 0.353. The summed E-state index contributed by atoms with van der Waals surface area (Å²) in [5.41, 5.74) is 2.35. The van der Waals surface area contributed by atoms with Crippen LogP contribution in [0.5, 0.6) is 11.6 Å². The van der Waals surface area contributed by atoms with Gasteiger partial charge < -0.3 is 4.74 Å². The maximum atomic E-state index is 5.93. The predicted octanol–water partition coefficient (Wildman–Crippen LogP) is 6.06. The Hall–Kier alpha value is -1.06. The van der Waals surface area contributed by atoms with Crippen molar-refractivity contribution in [3.05, 3.63) is 52.1 Å². The minimum Gasteiger partial charge on any atom is -0.439 e. The summed E-state index contributed by atoms with van der Waals surface area (Å²) in [6.45, 7) is 6.68. The Morgan fingerprint density at radius 2 is 1.90 bits per heavy atom. The summed E-state index contributed by atoms with van der Waals surface area (Å²) in [5.74, 6) is 1.69. The first-order chi connectivity index (χ1) is 9.96. The Kier molecular flexibility index (Phi) is 5.28. The molecule has 1 aromatic heterocycles. The molecule has 0 aliphatic carbocycles. The molecule has 4 heteroatoms. The van der Waals surface area contributed by atoms with Gasteiger partial charge in [0.25, 0.3) is 0 Å². The molecule has 0 unspecified atom stereocenters. The lowest BCUT2D eigenvalue weighted by Crippen LogP contribution is -2.14.